The molecule has 8 heteroatoms. The zero-order chi connectivity index (χ0) is 21.3. The van der Waals surface area contributed by atoms with E-state index >= 15 is 0 Å². The summed E-state index contributed by atoms with van der Waals surface area (Å²) in [5.74, 6) is -0.296. The van der Waals surface area contributed by atoms with Crippen LogP contribution in [0.2, 0.25) is 0 Å². The van der Waals surface area contributed by atoms with Crippen molar-refractivity contribution in [1.29, 1.82) is 0 Å². The van der Waals surface area contributed by atoms with Crippen molar-refractivity contribution in [1.82, 2.24) is 24.3 Å². The van der Waals surface area contributed by atoms with Crippen molar-refractivity contribution in [3.8, 4) is 22.6 Å². The smallest absolute Gasteiger partial charge is 0.187 e. The van der Waals surface area contributed by atoms with E-state index < -0.39 is 0 Å². The molecule has 4 aromatic rings. The number of aliphatic hydroxyl groups is 1. The Hall–Kier alpha value is -2.81. The SMILES string of the molecule is CSc1nccc(-c2c(-c3ccc(F)cc3)nc3cc(C(CO)N(C)C)ccn23)n1. The third-order valence-corrected chi connectivity index (χ3v) is 5.57. The van der Waals surface area contributed by atoms with Crippen LogP contribution < -0.4 is 0 Å². The van der Waals surface area contributed by atoms with E-state index in [1.165, 1.54) is 23.9 Å². The normalized spacial score (nSPS) is 12.6. The molecule has 0 amide bonds. The first kappa shape index (κ1) is 20.5. The number of hydrogen-bond donors (Lipinski definition) is 1. The van der Waals surface area contributed by atoms with Crippen LogP contribution in [0.1, 0.15) is 11.6 Å². The molecule has 30 heavy (non-hydrogen) atoms. The zero-order valence-corrected chi connectivity index (χ0v) is 17.8. The van der Waals surface area contributed by atoms with E-state index in [0.717, 1.165) is 28.2 Å². The maximum absolute atomic E-state index is 13.5. The molecule has 0 aliphatic rings. The molecule has 0 saturated heterocycles. The fourth-order valence-corrected chi connectivity index (χ4v) is 3.82. The van der Waals surface area contributed by atoms with E-state index in [4.69, 9.17) is 4.98 Å². The van der Waals surface area contributed by atoms with Gasteiger partial charge in [-0.25, -0.2) is 19.3 Å². The lowest BCUT2D eigenvalue weighted by atomic mass is 10.1. The number of hydrogen-bond acceptors (Lipinski definition) is 6. The van der Waals surface area contributed by atoms with Gasteiger partial charge in [0.25, 0.3) is 0 Å². The topological polar surface area (TPSA) is 66.6 Å². The number of rotatable bonds is 6. The molecule has 0 bridgehead atoms. The third kappa shape index (κ3) is 3.81. The number of imidazole rings is 1. The lowest BCUT2D eigenvalue weighted by Crippen LogP contribution is -2.23. The Balaban J connectivity index is 1.96. The van der Waals surface area contributed by atoms with Gasteiger partial charge in [0.2, 0.25) is 0 Å². The highest BCUT2D eigenvalue weighted by Gasteiger charge is 2.20. The summed E-state index contributed by atoms with van der Waals surface area (Å²) in [5, 5.41) is 10.5. The second-order valence-electron chi connectivity index (χ2n) is 7.09. The molecule has 0 aliphatic heterocycles. The van der Waals surface area contributed by atoms with Crippen molar-refractivity contribution in [3.05, 3.63) is 66.2 Å². The summed E-state index contributed by atoms with van der Waals surface area (Å²) < 4.78 is 15.5. The molecule has 6 nitrogen and oxygen atoms in total. The van der Waals surface area contributed by atoms with E-state index in [1.54, 1.807) is 18.3 Å². The summed E-state index contributed by atoms with van der Waals surface area (Å²) in [6.45, 7) is 0.00452. The van der Waals surface area contributed by atoms with E-state index in [1.807, 2.05) is 54.0 Å². The number of aliphatic hydroxyl groups excluding tert-OH is 1. The average molecular weight is 424 g/mol. The van der Waals surface area contributed by atoms with Gasteiger partial charge in [-0.1, -0.05) is 11.8 Å². The molecule has 0 fully saturated rings. The summed E-state index contributed by atoms with van der Waals surface area (Å²) in [4.78, 5) is 15.7. The highest BCUT2D eigenvalue weighted by molar-refractivity contribution is 7.98. The van der Waals surface area contributed by atoms with Crippen LogP contribution in [0.3, 0.4) is 0 Å². The first-order valence-corrected chi connectivity index (χ1v) is 10.7. The Morgan fingerprint density at radius 1 is 1.13 bits per heavy atom. The maximum atomic E-state index is 13.5. The molecule has 0 saturated carbocycles. The quantitative estimate of drug-likeness (QED) is 0.375. The number of halogens is 1. The van der Waals surface area contributed by atoms with Crippen LogP contribution in [0.15, 0.2) is 60.0 Å². The van der Waals surface area contributed by atoms with Crippen molar-refractivity contribution >= 4 is 17.4 Å². The summed E-state index contributed by atoms with van der Waals surface area (Å²) >= 11 is 1.47. The van der Waals surface area contributed by atoms with E-state index in [0.29, 0.717) is 10.9 Å². The Morgan fingerprint density at radius 2 is 1.90 bits per heavy atom. The number of pyridine rings is 1. The molecule has 154 valence electrons. The first-order valence-electron chi connectivity index (χ1n) is 9.44. The molecule has 3 aromatic heterocycles. The second kappa shape index (κ2) is 8.51. The van der Waals surface area contributed by atoms with Gasteiger partial charge >= 0.3 is 0 Å². The lowest BCUT2D eigenvalue weighted by Gasteiger charge is -2.22. The molecular formula is C22H22FN5OS. The fraction of sp³-hybridized carbons (Fsp3) is 0.227. The van der Waals surface area contributed by atoms with Crippen LogP contribution >= 0.6 is 11.8 Å². The van der Waals surface area contributed by atoms with Crippen LogP contribution in [0.5, 0.6) is 0 Å². The van der Waals surface area contributed by atoms with Crippen molar-refractivity contribution in [3.63, 3.8) is 0 Å². The van der Waals surface area contributed by atoms with Gasteiger partial charge in [0.1, 0.15) is 11.5 Å². The van der Waals surface area contributed by atoms with Crippen molar-refractivity contribution in [2.24, 2.45) is 0 Å². The summed E-state index contributed by atoms with van der Waals surface area (Å²) in [5.41, 5.74) is 4.75. The highest BCUT2D eigenvalue weighted by Crippen LogP contribution is 2.33. The largest absolute Gasteiger partial charge is 0.394 e. The van der Waals surface area contributed by atoms with Crippen LogP contribution in [-0.4, -0.2) is 56.3 Å². The van der Waals surface area contributed by atoms with Gasteiger partial charge < -0.3 is 10.0 Å². The van der Waals surface area contributed by atoms with Crippen LogP contribution in [0, 0.1) is 5.82 Å². The van der Waals surface area contributed by atoms with Crippen LogP contribution in [-0.2, 0) is 0 Å². The molecule has 1 aromatic carbocycles. The van der Waals surface area contributed by atoms with Crippen molar-refractivity contribution < 1.29 is 9.50 Å². The number of likely N-dealkylation sites (N-methyl/N-ethyl adjacent to an activating group) is 1. The van der Waals surface area contributed by atoms with Crippen LogP contribution in [0.25, 0.3) is 28.3 Å². The molecule has 3 heterocycles. The minimum Gasteiger partial charge on any atom is -0.394 e. The number of thioether (sulfide) groups is 1. The number of fused-ring (bicyclic) bond motifs is 1. The average Bonchev–Trinajstić information content (AvgIpc) is 3.13. The van der Waals surface area contributed by atoms with Gasteiger partial charge in [-0.15, -0.1) is 0 Å². The highest BCUT2D eigenvalue weighted by atomic mass is 32.2. The predicted octanol–water partition coefficient (Wildman–Crippen LogP) is 3.91. The van der Waals surface area contributed by atoms with E-state index in [-0.39, 0.29) is 18.5 Å². The fourth-order valence-electron chi connectivity index (χ4n) is 3.46. The Morgan fingerprint density at radius 3 is 2.57 bits per heavy atom. The Bertz CT molecular complexity index is 1180. The molecule has 0 aliphatic carbocycles. The number of nitrogens with zero attached hydrogens (tertiary/aromatic N) is 5. The summed E-state index contributed by atoms with van der Waals surface area (Å²) in [6.07, 6.45) is 5.59. The lowest BCUT2D eigenvalue weighted by molar-refractivity contribution is 0.171. The maximum Gasteiger partial charge on any atom is 0.187 e. The van der Waals surface area contributed by atoms with Gasteiger partial charge in [0, 0.05) is 18.0 Å². The molecule has 4 rings (SSSR count). The Labute approximate surface area is 178 Å². The van der Waals surface area contributed by atoms with Gasteiger partial charge in [-0.3, -0.25) is 4.40 Å². The first-order chi connectivity index (χ1) is 14.5. The molecule has 1 unspecified atom stereocenters. The van der Waals surface area contributed by atoms with Gasteiger partial charge in [0.15, 0.2) is 5.16 Å². The number of aromatic nitrogens is 4. The van der Waals surface area contributed by atoms with E-state index in [9.17, 15) is 9.50 Å². The zero-order valence-electron chi connectivity index (χ0n) is 17.0. The van der Waals surface area contributed by atoms with Crippen molar-refractivity contribution in [2.75, 3.05) is 27.0 Å². The predicted molar refractivity (Wildman–Crippen MR) is 117 cm³/mol. The number of benzene rings is 1. The standard InChI is InChI=1S/C22H22FN5OS/c1-27(2)18(13-29)15-9-11-28-19(12-15)26-20(14-4-6-16(23)7-5-14)21(28)17-8-10-24-22(25-17)30-3/h4-12,18,29H,13H2,1-3H3. The minimum atomic E-state index is -0.296. The molecule has 1 atom stereocenters. The van der Waals surface area contributed by atoms with E-state index in [2.05, 4.69) is 9.97 Å². The van der Waals surface area contributed by atoms with Crippen LogP contribution in [0.4, 0.5) is 4.39 Å². The summed E-state index contributed by atoms with van der Waals surface area (Å²) in [6, 6.07) is 11.9. The minimum absolute atomic E-state index is 0.00452. The second-order valence-corrected chi connectivity index (χ2v) is 7.87. The molecule has 0 spiro atoms. The van der Waals surface area contributed by atoms with Gasteiger partial charge in [-0.2, -0.15) is 0 Å². The Kier molecular flexibility index (Phi) is 5.80. The third-order valence-electron chi connectivity index (χ3n) is 5.01. The molecule has 1 N–H and O–H groups in total. The van der Waals surface area contributed by atoms with Gasteiger partial charge in [0.05, 0.1) is 29.7 Å². The molecule has 0 radical (unpaired) electrons. The summed E-state index contributed by atoms with van der Waals surface area (Å²) in [7, 11) is 3.85. The van der Waals surface area contributed by atoms with Gasteiger partial charge in [-0.05, 0) is 68.4 Å². The monoisotopic (exact) mass is 423 g/mol. The molecular weight excluding hydrogens is 401 g/mol. The van der Waals surface area contributed by atoms with Crippen molar-refractivity contribution in [2.45, 2.75) is 11.2 Å².